The normalized spacial score (nSPS) is 15.2. The highest BCUT2D eigenvalue weighted by Crippen LogP contribution is 2.37. The van der Waals surface area contributed by atoms with Gasteiger partial charge in [0.1, 0.15) is 5.82 Å². The van der Waals surface area contributed by atoms with Crippen molar-refractivity contribution < 1.29 is 19.1 Å². The van der Waals surface area contributed by atoms with Gasteiger partial charge in [-0.15, -0.1) is 0 Å². The smallest absolute Gasteiger partial charge is 0.335 e. The van der Waals surface area contributed by atoms with E-state index in [4.69, 9.17) is 5.11 Å². The van der Waals surface area contributed by atoms with Crippen LogP contribution in [0.3, 0.4) is 0 Å². The fourth-order valence-electron chi connectivity index (χ4n) is 3.09. The second-order valence-electron chi connectivity index (χ2n) is 6.47. The molecule has 1 unspecified atom stereocenters. The number of carbonyl (C=O) groups is 2. The van der Waals surface area contributed by atoms with E-state index < -0.39 is 5.97 Å². The number of nitrogens with one attached hydrogen (secondary N) is 1. The molecule has 0 spiro atoms. The van der Waals surface area contributed by atoms with Crippen molar-refractivity contribution >= 4 is 11.9 Å². The lowest BCUT2D eigenvalue weighted by Crippen LogP contribution is -2.37. The first-order valence-corrected chi connectivity index (χ1v) is 8.40. The van der Waals surface area contributed by atoms with Crippen LogP contribution < -0.4 is 5.32 Å². The molecule has 1 aliphatic rings. The quantitative estimate of drug-likeness (QED) is 0.841. The Labute approximate surface area is 145 Å². The number of benzene rings is 2. The summed E-state index contributed by atoms with van der Waals surface area (Å²) in [4.78, 5) is 23.3. The first kappa shape index (κ1) is 17.1. The van der Waals surface area contributed by atoms with Crippen molar-refractivity contribution in [3.8, 4) is 0 Å². The second kappa shape index (κ2) is 7.47. The van der Waals surface area contributed by atoms with Crippen LogP contribution in [-0.4, -0.2) is 17.0 Å². The molecule has 0 aliphatic heterocycles. The molecule has 3 rings (SSSR count). The van der Waals surface area contributed by atoms with Gasteiger partial charge < -0.3 is 10.4 Å². The largest absolute Gasteiger partial charge is 0.478 e. The number of aromatic carboxylic acids is 1. The van der Waals surface area contributed by atoms with Gasteiger partial charge in [-0.3, -0.25) is 4.79 Å². The molecule has 0 saturated heterocycles. The highest BCUT2D eigenvalue weighted by Gasteiger charge is 2.29. The summed E-state index contributed by atoms with van der Waals surface area (Å²) in [5.41, 5.74) is 1.87. The van der Waals surface area contributed by atoms with E-state index in [2.05, 4.69) is 5.32 Å². The highest BCUT2D eigenvalue weighted by molar-refractivity contribution is 5.87. The van der Waals surface area contributed by atoms with Gasteiger partial charge >= 0.3 is 5.97 Å². The van der Waals surface area contributed by atoms with Crippen molar-refractivity contribution in [1.29, 1.82) is 0 Å². The van der Waals surface area contributed by atoms with Crippen LogP contribution in [0.25, 0.3) is 0 Å². The summed E-state index contributed by atoms with van der Waals surface area (Å²) in [6, 6.07) is 12.5. The second-order valence-corrected chi connectivity index (χ2v) is 6.47. The van der Waals surface area contributed by atoms with Gasteiger partial charge in [-0.1, -0.05) is 30.7 Å². The number of halogens is 1. The molecule has 2 aromatic rings. The third-order valence-electron chi connectivity index (χ3n) is 4.73. The van der Waals surface area contributed by atoms with Crippen molar-refractivity contribution in [1.82, 2.24) is 5.32 Å². The summed E-state index contributed by atoms with van der Waals surface area (Å²) in [5.74, 6) is -1.02. The van der Waals surface area contributed by atoms with Gasteiger partial charge in [-0.2, -0.15) is 0 Å². The summed E-state index contributed by atoms with van der Waals surface area (Å²) in [6.07, 6.45) is 3.43. The summed E-state index contributed by atoms with van der Waals surface area (Å²) >= 11 is 0. The van der Waals surface area contributed by atoms with E-state index in [0.29, 0.717) is 5.92 Å². The van der Waals surface area contributed by atoms with Crippen molar-refractivity contribution in [3.05, 3.63) is 71.0 Å². The molecule has 2 N–H and O–H groups in total. The van der Waals surface area contributed by atoms with Gasteiger partial charge in [-0.25, -0.2) is 9.18 Å². The molecule has 2 aromatic carbocycles. The minimum absolute atomic E-state index is 0.111. The minimum Gasteiger partial charge on any atom is -0.478 e. The van der Waals surface area contributed by atoms with Gasteiger partial charge in [0, 0.05) is 0 Å². The van der Waals surface area contributed by atoms with Crippen molar-refractivity contribution in [2.24, 2.45) is 5.92 Å². The van der Waals surface area contributed by atoms with Gasteiger partial charge in [0.05, 0.1) is 18.0 Å². The van der Waals surface area contributed by atoms with Gasteiger partial charge in [0.15, 0.2) is 0 Å². The van der Waals surface area contributed by atoms with Crippen LogP contribution >= 0.6 is 0 Å². The Bertz CT molecular complexity index is 752. The number of amides is 1. The van der Waals surface area contributed by atoms with Gasteiger partial charge in [0.2, 0.25) is 5.91 Å². The predicted octanol–water partition coefficient (Wildman–Crippen LogP) is 3.72. The fourth-order valence-corrected chi connectivity index (χ4v) is 3.09. The lowest BCUT2D eigenvalue weighted by atomic mass is 9.77. The third-order valence-corrected chi connectivity index (χ3v) is 4.73. The molecule has 0 aromatic heterocycles. The van der Waals surface area contributed by atoms with Crippen molar-refractivity contribution in [2.45, 2.75) is 31.7 Å². The summed E-state index contributed by atoms with van der Waals surface area (Å²) in [5, 5.41) is 12.0. The van der Waals surface area contributed by atoms with Crippen molar-refractivity contribution in [3.63, 3.8) is 0 Å². The van der Waals surface area contributed by atoms with E-state index >= 15 is 0 Å². The zero-order valence-electron chi connectivity index (χ0n) is 13.7. The van der Waals surface area contributed by atoms with Crippen LogP contribution in [0, 0.1) is 11.7 Å². The lowest BCUT2D eigenvalue weighted by molar-refractivity contribution is -0.121. The van der Waals surface area contributed by atoms with Crippen LogP contribution in [0.15, 0.2) is 48.5 Å². The van der Waals surface area contributed by atoms with E-state index in [-0.39, 0.29) is 29.8 Å². The molecule has 130 valence electrons. The first-order chi connectivity index (χ1) is 12.0. The lowest BCUT2D eigenvalue weighted by Gasteiger charge is -2.34. The average molecular weight is 341 g/mol. The molecule has 1 atom stereocenters. The van der Waals surface area contributed by atoms with Crippen LogP contribution in [0.2, 0.25) is 0 Å². The van der Waals surface area contributed by atoms with E-state index in [1.54, 1.807) is 24.3 Å². The van der Waals surface area contributed by atoms with E-state index in [1.807, 2.05) is 0 Å². The Morgan fingerprint density at radius 1 is 1.08 bits per heavy atom. The number of carbonyl (C=O) groups excluding carboxylic acids is 1. The number of carboxylic acids is 1. The number of carboxylic acid groups (broad SMARTS) is 1. The molecular formula is C20H20FNO3. The Kier molecular flexibility index (Phi) is 5.12. The fraction of sp³-hybridized carbons (Fsp3) is 0.300. The molecule has 0 radical (unpaired) electrons. The minimum atomic E-state index is -0.989. The molecule has 1 amide bonds. The maximum absolute atomic E-state index is 13.2. The third kappa shape index (κ3) is 4.24. The molecule has 25 heavy (non-hydrogen) atoms. The van der Waals surface area contributed by atoms with Gasteiger partial charge in [0.25, 0.3) is 0 Å². The Morgan fingerprint density at radius 2 is 1.72 bits per heavy atom. The molecule has 4 nitrogen and oxygen atoms in total. The monoisotopic (exact) mass is 341 g/mol. The van der Waals surface area contributed by atoms with E-state index in [1.165, 1.54) is 24.3 Å². The van der Waals surface area contributed by atoms with Crippen LogP contribution in [0.4, 0.5) is 4.39 Å². The van der Waals surface area contributed by atoms with E-state index in [0.717, 1.165) is 30.4 Å². The number of rotatable bonds is 6. The molecule has 0 heterocycles. The zero-order valence-corrected chi connectivity index (χ0v) is 13.7. The molecule has 1 aliphatic carbocycles. The summed E-state index contributed by atoms with van der Waals surface area (Å²) < 4.78 is 13.2. The molecule has 1 fully saturated rings. The highest BCUT2D eigenvalue weighted by atomic mass is 19.1. The summed E-state index contributed by atoms with van der Waals surface area (Å²) in [7, 11) is 0. The Morgan fingerprint density at radius 3 is 2.24 bits per heavy atom. The number of hydrogen-bond acceptors (Lipinski definition) is 2. The predicted molar refractivity (Wildman–Crippen MR) is 91.7 cm³/mol. The van der Waals surface area contributed by atoms with Gasteiger partial charge in [-0.05, 0) is 54.2 Å². The van der Waals surface area contributed by atoms with Crippen LogP contribution in [0.5, 0.6) is 0 Å². The standard InChI is InChI=1S/C20H20FNO3/c21-17-10-8-15(9-11-17)19(14-2-1-3-14)22-18(23)12-13-4-6-16(7-5-13)20(24)25/h4-11,14,19H,1-3,12H2,(H,22,23)(H,24,25). The van der Waals surface area contributed by atoms with Crippen LogP contribution in [0.1, 0.15) is 46.8 Å². The Hall–Kier alpha value is -2.69. The molecule has 1 saturated carbocycles. The van der Waals surface area contributed by atoms with Crippen LogP contribution in [-0.2, 0) is 11.2 Å². The summed E-state index contributed by atoms with van der Waals surface area (Å²) in [6.45, 7) is 0. The average Bonchev–Trinajstić information content (AvgIpc) is 2.54. The van der Waals surface area contributed by atoms with Crippen molar-refractivity contribution in [2.75, 3.05) is 0 Å². The first-order valence-electron chi connectivity index (χ1n) is 8.40. The topological polar surface area (TPSA) is 66.4 Å². The maximum atomic E-state index is 13.2. The maximum Gasteiger partial charge on any atom is 0.335 e. The number of hydrogen-bond donors (Lipinski definition) is 2. The molecular weight excluding hydrogens is 321 g/mol. The SMILES string of the molecule is O=C(Cc1ccc(C(=O)O)cc1)NC(c1ccc(F)cc1)C1CCC1. The zero-order chi connectivity index (χ0) is 17.8. The Balaban J connectivity index is 1.67. The molecule has 5 heteroatoms. The van der Waals surface area contributed by atoms with E-state index in [9.17, 15) is 14.0 Å². The molecule has 0 bridgehead atoms.